The fourth-order valence-corrected chi connectivity index (χ4v) is 2.90. The monoisotopic (exact) mass is 260 g/mol. The van der Waals surface area contributed by atoms with Gasteiger partial charge in [-0.25, -0.2) is 0 Å². The predicted molar refractivity (Wildman–Crippen MR) is 82.3 cm³/mol. The molecule has 1 heterocycles. The molecule has 0 radical (unpaired) electrons. The van der Waals surface area contributed by atoms with Gasteiger partial charge in [-0.1, -0.05) is 43.7 Å². The van der Waals surface area contributed by atoms with Crippen molar-refractivity contribution >= 4 is 0 Å². The van der Waals surface area contributed by atoms with Gasteiger partial charge in [0, 0.05) is 19.1 Å². The zero-order chi connectivity index (χ0) is 13.7. The van der Waals surface area contributed by atoms with E-state index in [4.69, 9.17) is 0 Å². The molecular formula is C17H28N2. The van der Waals surface area contributed by atoms with Crippen molar-refractivity contribution < 1.29 is 0 Å². The molecule has 106 valence electrons. The molecule has 0 aliphatic carbocycles. The van der Waals surface area contributed by atoms with E-state index in [9.17, 15) is 0 Å². The predicted octanol–water partition coefficient (Wildman–Crippen LogP) is 3.21. The van der Waals surface area contributed by atoms with E-state index in [2.05, 4.69) is 55.3 Å². The van der Waals surface area contributed by atoms with Gasteiger partial charge in [-0.15, -0.1) is 0 Å². The SMILES string of the molecule is Cc1ccc(CN2CCCNC(CC(C)C)C2)cc1. The first-order chi connectivity index (χ1) is 9.13. The molecule has 2 heteroatoms. The molecular weight excluding hydrogens is 232 g/mol. The Kier molecular flexibility index (Phi) is 5.41. The number of hydrogen-bond acceptors (Lipinski definition) is 2. The van der Waals surface area contributed by atoms with Crippen LogP contribution in [0.5, 0.6) is 0 Å². The summed E-state index contributed by atoms with van der Waals surface area (Å²) in [6.45, 7) is 11.5. The molecule has 1 atom stereocenters. The first-order valence-electron chi connectivity index (χ1n) is 7.65. The van der Waals surface area contributed by atoms with Gasteiger partial charge in [-0.2, -0.15) is 0 Å². The molecule has 1 aliphatic rings. The van der Waals surface area contributed by atoms with E-state index in [1.807, 2.05) is 0 Å². The van der Waals surface area contributed by atoms with Crippen LogP contribution in [0.1, 0.15) is 37.8 Å². The molecule has 1 unspecified atom stereocenters. The van der Waals surface area contributed by atoms with Crippen LogP contribution >= 0.6 is 0 Å². The van der Waals surface area contributed by atoms with E-state index in [1.54, 1.807) is 0 Å². The van der Waals surface area contributed by atoms with Crippen molar-refractivity contribution in [2.75, 3.05) is 19.6 Å². The Morgan fingerprint density at radius 1 is 1.26 bits per heavy atom. The van der Waals surface area contributed by atoms with E-state index in [0.717, 1.165) is 12.5 Å². The lowest BCUT2D eigenvalue weighted by molar-refractivity contribution is 0.248. The van der Waals surface area contributed by atoms with Gasteiger partial charge in [-0.05, 0) is 44.3 Å². The minimum Gasteiger partial charge on any atom is -0.313 e. The van der Waals surface area contributed by atoms with Gasteiger partial charge < -0.3 is 5.32 Å². The second-order valence-corrected chi connectivity index (χ2v) is 6.35. The van der Waals surface area contributed by atoms with E-state index < -0.39 is 0 Å². The van der Waals surface area contributed by atoms with E-state index in [-0.39, 0.29) is 0 Å². The van der Waals surface area contributed by atoms with Crippen molar-refractivity contribution in [1.82, 2.24) is 10.2 Å². The molecule has 0 saturated carbocycles. The zero-order valence-electron chi connectivity index (χ0n) is 12.7. The Balaban J connectivity index is 1.92. The lowest BCUT2D eigenvalue weighted by Gasteiger charge is -2.25. The molecule has 0 aromatic heterocycles. The quantitative estimate of drug-likeness (QED) is 0.894. The smallest absolute Gasteiger partial charge is 0.0234 e. The minimum absolute atomic E-state index is 0.660. The maximum Gasteiger partial charge on any atom is 0.0234 e. The van der Waals surface area contributed by atoms with Gasteiger partial charge in [0.2, 0.25) is 0 Å². The number of hydrogen-bond donors (Lipinski definition) is 1. The molecule has 0 bridgehead atoms. The summed E-state index contributed by atoms with van der Waals surface area (Å²) in [6, 6.07) is 9.64. The topological polar surface area (TPSA) is 15.3 Å². The van der Waals surface area contributed by atoms with Gasteiger partial charge in [-0.3, -0.25) is 4.90 Å². The third kappa shape index (κ3) is 4.96. The van der Waals surface area contributed by atoms with Crippen molar-refractivity contribution in [2.45, 2.75) is 46.2 Å². The van der Waals surface area contributed by atoms with Crippen LogP contribution in [0.15, 0.2) is 24.3 Å². The third-order valence-electron chi connectivity index (χ3n) is 3.85. The Hall–Kier alpha value is -0.860. The van der Waals surface area contributed by atoms with Gasteiger partial charge in [0.05, 0.1) is 0 Å². The molecule has 1 saturated heterocycles. The molecule has 1 aromatic rings. The summed E-state index contributed by atoms with van der Waals surface area (Å²) in [5.74, 6) is 0.775. The number of aryl methyl sites for hydroxylation is 1. The maximum absolute atomic E-state index is 3.70. The molecule has 0 spiro atoms. The summed E-state index contributed by atoms with van der Waals surface area (Å²) < 4.78 is 0. The molecule has 1 aromatic carbocycles. The highest BCUT2D eigenvalue weighted by Gasteiger charge is 2.18. The number of nitrogens with one attached hydrogen (secondary N) is 1. The summed E-state index contributed by atoms with van der Waals surface area (Å²) >= 11 is 0. The molecule has 0 amide bonds. The van der Waals surface area contributed by atoms with Crippen molar-refractivity contribution in [3.8, 4) is 0 Å². The van der Waals surface area contributed by atoms with Crippen LogP contribution in [0.2, 0.25) is 0 Å². The average Bonchev–Trinajstić information content (AvgIpc) is 2.57. The standard InChI is InChI=1S/C17H28N2/c1-14(2)11-17-13-19(10-4-9-18-17)12-16-7-5-15(3)6-8-16/h5-8,14,17-18H,4,9-13H2,1-3H3. The molecule has 1 fully saturated rings. The van der Waals surface area contributed by atoms with Gasteiger partial charge in [0.25, 0.3) is 0 Å². The van der Waals surface area contributed by atoms with E-state index in [0.29, 0.717) is 6.04 Å². The normalized spacial score (nSPS) is 21.6. The maximum atomic E-state index is 3.70. The van der Waals surface area contributed by atoms with Crippen LogP contribution in [0, 0.1) is 12.8 Å². The van der Waals surface area contributed by atoms with E-state index in [1.165, 1.54) is 43.6 Å². The summed E-state index contributed by atoms with van der Waals surface area (Å²) in [5.41, 5.74) is 2.79. The number of benzene rings is 1. The van der Waals surface area contributed by atoms with Crippen molar-refractivity contribution in [3.63, 3.8) is 0 Å². The van der Waals surface area contributed by atoms with Crippen LogP contribution in [0.3, 0.4) is 0 Å². The summed E-state index contributed by atoms with van der Waals surface area (Å²) in [4.78, 5) is 2.61. The van der Waals surface area contributed by atoms with Crippen LogP contribution in [0.4, 0.5) is 0 Å². The lowest BCUT2D eigenvalue weighted by atomic mass is 10.0. The summed E-state index contributed by atoms with van der Waals surface area (Å²) in [7, 11) is 0. The van der Waals surface area contributed by atoms with Crippen LogP contribution in [-0.4, -0.2) is 30.6 Å². The first kappa shape index (κ1) is 14.5. The Labute approximate surface area is 118 Å². The van der Waals surface area contributed by atoms with Crippen molar-refractivity contribution in [2.24, 2.45) is 5.92 Å². The lowest BCUT2D eigenvalue weighted by Crippen LogP contribution is -2.38. The largest absolute Gasteiger partial charge is 0.313 e. The van der Waals surface area contributed by atoms with Crippen LogP contribution < -0.4 is 5.32 Å². The summed E-state index contributed by atoms with van der Waals surface area (Å²) in [6.07, 6.45) is 2.55. The van der Waals surface area contributed by atoms with Crippen LogP contribution in [-0.2, 0) is 6.54 Å². The Bertz CT molecular complexity index is 369. The zero-order valence-corrected chi connectivity index (χ0v) is 12.7. The van der Waals surface area contributed by atoms with Gasteiger partial charge in [0.1, 0.15) is 0 Å². The summed E-state index contributed by atoms with van der Waals surface area (Å²) in [5, 5.41) is 3.70. The highest BCUT2D eigenvalue weighted by molar-refractivity contribution is 5.21. The highest BCUT2D eigenvalue weighted by Crippen LogP contribution is 2.13. The number of nitrogens with zero attached hydrogens (tertiary/aromatic N) is 1. The van der Waals surface area contributed by atoms with E-state index >= 15 is 0 Å². The fraction of sp³-hybridized carbons (Fsp3) is 0.647. The molecule has 2 rings (SSSR count). The highest BCUT2D eigenvalue weighted by atomic mass is 15.2. The second kappa shape index (κ2) is 7.06. The Morgan fingerprint density at radius 2 is 2.00 bits per heavy atom. The third-order valence-corrected chi connectivity index (χ3v) is 3.85. The minimum atomic E-state index is 0.660. The van der Waals surface area contributed by atoms with Gasteiger partial charge >= 0.3 is 0 Å². The Morgan fingerprint density at radius 3 is 2.68 bits per heavy atom. The fourth-order valence-electron chi connectivity index (χ4n) is 2.90. The molecule has 1 aliphatic heterocycles. The molecule has 2 nitrogen and oxygen atoms in total. The molecule has 1 N–H and O–H groups in total. The number of rotatable bonds is 4. The first-order valence-corrected chi connectivity index (χ1v) is 7.65. The van der Waals surface area contributed by atoms with Gasteiger partial charge in [0.15, 0.2) is 0 Å². The van der Waals surface area contributed by atoms with Crippen LogP contribution in [0.25, 0.3) is 0 Å². The van der Waals surface area contributed by atoms with Crippen molar-refractivity contribution in [1.29, 1.82) is 0 Å². The average molecular weight is 260 g/mol. The second-order valence-electron chi connectivity index (χ2n) is 6.35. The van der Waals surface area contributed by atoms with Crippen molar-refractivity contribution in [3.05, 3.63) is 35.4 Å². The molecule has 19 heavy (non-hydrogen) atoms.